The second kappa shape index (κ2) is 8.76. The highest BCUT2D eigenvalue weighted by Crippen LogP contribution is 2.22. The number of rotatable bonds is 7. The molecule has 1 heterocycles. The van der Waals surface area contributed by atoms with Crippen LogP contribution in [-0.2, 0) is 16.4 Å². The van der Waals surface area contributed by atoms with Gasteiger partial charge in [-0.05, 0) is 74.1 Å². The average Bonchev–Trinajstić information content (AvgIpc) is 2.68. The molecule has 2 aromatic carbocycles. The zero-order valence-electron chi connectivity index (χ0n) is 16.1. The summed E-state index contributed by atoms with van der Waals surface area (Å²) in [4.78, 5) is 2.71. The van der Waals surface area contributed by atoms with Crippen molar-refractivity contribution in [3.8, 4) is 5.75 Å². The summed E-state index contributed by atoms with van der Waals surface area (Å²) in [5.74, 6) is 0.653. The quantitative estimate of drug-likeness (QED) is 0.788. The van der Waals surface area contributed by atoms with Gasteiger partial charge in [0.05, 0.1) is 12.0 Å². The first-order valence-corrected chi connectivity index (χ1v) is 11.0. The second-order valence-corrected chi connectivity index (χ2v) is 8.73. The molecule has 0 saturated carbocycles. The van der Waals surface area contributed by atoms with Gasteiger partial charge in [-0.1, -0.05) is 12.1 Å². The molecule has 0 amide bonds. The van der Waals surface area contributed by atoms with E-state index >= 15 is 0 Å². The molecule has 0 radical (unpaired) electrons. The van der Waals surface area contributed by atoms with E-state index in [0.29, 0.717) is 29.2 Å². The highest BCUT2D eigenvalue weighted by molar-refractivity contribution is 7.89. The molecule has 0 aliphatic carbocycles. The van der Waals surface area contributed by atoms with Gasteiger partial charge in [-0.2, -0.15) is 0 Å². The molecule has 0 atom stereocenters. The van der Waals surface area contributed by atoms with Gasteiger partial charge in [0, 0.05) is 25.3 Å². The molecule has 2 aromatic rings. The van der Waals surface area contributed by atoms with Gasteiger partial charge < -0.3 is 9.64 Å². The van der Waals surface area contributed by atoms with E-state index in [2.05, 4.69) is 33.9 Å². The van der Waals surface area contributed by atoms with Crippen LogP contribution in [0.2, 0.25) is 0 Å². The van der Waals surface area contributed by atoms with E-state index in [1.807, 2.05) is 0 Å². The van der Waals surface area contributed by atoms with Crippen LogP contribution >= 0.6 is 0 Å². The molecule has 1 N–H and O–H groups in total. The summed E-state index contributed by atoms with van der Waals surface area (Å²) in [5, 5.41) is 0. The molecule has 0 unspecified atom stereocenters. The lowest BCUT2D eigenvalue weighted by molar-refractivity contribution is 0.414. The number of nitrogens with zero attached hydrogens (tertiary/aromatic N) is 1. The summed E-state index contributed by atoms with van der Waals surface area (Å²) in [6.07, 6.45) is 4.50. The van der Waals surface area contributed by atoms with Crippen molar-refractivity contribution in [2.45, 2.75) is 37.5 Å². The molecule has 0 bridgehead atoms. The Balaban J connectivity index is 1.57. The molecule has 146 valence electrons. The maximum atomic E-state index is 12.5. The Morgan fingerprint density at radius 1 is 1.04 bits per heavy atom. The smallest absolute Gasteiger partial charge is 0.240 e. The first-order valence-electron chi connectivity index (χ1n) is 9.48. The van der Waals surface area contributed by atoms with E-state index < -0.39 is 10.0 Å². The van der Waals surface area contributed by atoms with Crippen LogP contribution in [-0.4, -0.2) is 35.2 Å². The van der Waals surface area contributed by atoms with Crippen LogP contribution in [0.3, 0.4) is 0 Å². The molecule has 1 aliphatic rings. The van der Waals surface area contributed by atoms with Crippen molar-refractivity contribution < 1.29 is 13.2 Å². The molecular formula is C21H28N2O3S. The van der Waals surface area contributed by atoms with E-state index in [1.54, 1.807) is 32.2 Å². The van der Waals surface area contributed by atoms with Crippen LogP contribution in [0.1, 0.15) is 30.4 Å². The van der Waals surface area contributed by atoms with Gasteiger partial charge in [0.2, 0.25) is 10.0 Å². The van der Waals surface area contributed by atoms with Gasteiger partial charge in [-0.3, -0.25) is 0 Å². The lowest BCUT2D eigenvalue weighted by atomic mass is 10.1. The summed E-state index contributed by atoms with van der Waals surface area (Å²) in [6, 6.07) is 13.5. The number of ether oxygens (including phenoxy) is 1. The lowest BCUT2D eigenvalue weighted by Crippen LogP contribution is -2.29. The van der Waals surface area contributed by atoms with Crippen molar-refractivity contribution in [2.75, 3.05) is 31.6 Å². The number of hydrogen-bond acceptors (Lipinski definition) is 4. The topological polar surface area (TPSA) is 58.6 Å². The standard InChI is InChI=1S/C21H28N2O3S/c1-17-16-20(26-2)10-11-21(17)27(24,25)22-13-12-18-6-8-19(9-7-18)23-14-4-3-5-15-23/h6-11,16,22H,3-5,12-15H2,1-2H3. The number of aryl methyl sites for hydroxylation is 1. The van der Waals surface area contributed by atoms with Crippen molar-refractivity contribution in [1.29, 1.82) is 0 Å². The number of hydrogen-bond donors (Lipinski definition) is 1. The monoisotopic (exact) mass is 388 g/mol. The summed E-state index contributed by atoms with van der Waals surface area (Å²) in [7, 11) is -1.96. The highest BCUT2D eigenvalue weighted by Gasteiger charge is 2.17. The molecule has 0 aromatic heterocycles. The number of nitrogens with one attached hydrogen (secondary N) is 1. The third-order valence-corrected chi connectivity index (χ3v) is 6.66. The van der Waals surface area contributed by atoms with Crippen molar-refractivity contribution in [1.82, 2.24) is 4.72 Å². The van der Waals surface area contributed by atoms with E-state index in [4.69, 9.17) is 4.74 Å². The zero-order valence-corrected chi connectivity index (χ0v) is 16.9. The largest absolute Gasteiger partial charge is 0.497 e. The van der Waals surface area contributed by atoms with Crippen molar-refractivity contribution in [3.05, 3.63) is 53.6 Å². The zero-order chi connectivity index (χ0) is 19.3. The Morgan fingerprint density at radius 2 is 1.74 bits per heavy atom. The van der Waals surface area contributed by atoms with E-state index in [-0.39, 0.29) is 0 Å². The Labute approximate surface area is 162 Å². The minimum atomic E-state index is -3.53. The summed E-state index contributed by atoms with van der Waals surface area (Å²) < 4.78 is 32.9. The fourth-order valence-electron chi connectivity index (χ4n) is 3.48. The fraction of sp³-hybridized carbons (Fsp3) is 0.429. The number of methoxy groups -OCH3 is 1. The average molecular weight is 389 g/mol. The molecule has 3 rings (SSSR count). The van der Waals surface area contributed by atoms with Gasteiger partial charge in [-0.25, -0.2) is 13.1 Å². The SMILES string of the molecule is COc1ccc(S(=O)(=O)NCCc2ccc(N3CCCCC3)cc2)c(C)c1. The predicted octanol–water partition coefficient (Wildman–Crippen LogP) is 3.51. The van der Waals surface area contributed by atoms with Gasteiger partial charge >= 0.3 is 0 Å². The summed E-state index contributed by atoms with van der Waals surface area (Å²) in [5.41, 5.74) is 3.06. The first-order chi connectivity index (χ1) is 13.0. The third kappa shape index (κ3) is 5.02. The molecule has 27 heavy (non-hydrogen) atoms. The molecule has 5 nitrogen and oxygen atoms in total. The maximum absolute atomic E-state index is 12.5. The molecular weight excluding hydrogens is 360 g/mol. The van der Waals surface area contributed by atoms with E-state index in [0.717, 1.165) is 18.7 Å². The van der Waals surface area contributed by atoms with E-state index in [9.17, 15) is 8.42 Å². The van der Waals surface area contributed by atoms with Crippen molar-refractivity contribution in [3.63, 3.8) is 0 Å². The van der Waals surface area contributed by atoms with Gasteiger partial charge in [-0.15, -0.1) is 0 Å². The van der Waals surface area contributed by atoms with Crippen LogP contribution in [0.15, 0.2) is 47.4 Å². The molecule has 1 aliphatic heterocycles. The Hall–Kier alpha value is -2.05. The van der Waals surface area contributed by atoms with Gasteiger partial charge in [0.15, 0.2) is 0 Å². The Morgan fingerprint density at radius 3 is 2.37 bits per heavy atom. The molecule has 1 fully saturated rings. The van der Waals surface area contributed by atoms with Crippen LogP contribution in [0.25, 0.3) is 0 Å². The van der Waals surface area contributed by atoms with Crippen LogP contribution < -0.4 is 14.4 Å². The Bertz CT molecular complexity index is 857. The van der Waals surface area contributed by atoms with Crippen LogP contribution in [0.5, 0.6) is 5.75 Å². The number of piperidine rings is 1. The normalized spacial score (nSPS) is 15.0. The molecule has 1 saturated heterocycles. The van der Waals surface area contributed by atoms with Gasteiger partial charge in [0.1, 0.15) is 5.75 Å². The van der Waals surface area contributed by atoms with Crippen molar-refractivity contribution >= 4 is 15.7 Å². The summed E-state index contributed by atoms with van der Waals surface area (Å²) >= 11 is 0. The van der Waals surface area contributed by atoms with Crippen LogP contribution in [0.4, 0.5) is 5.69 Å². The first kappa shape index (κ1) is 19.7. The minimum Gasteiger partial charge on any atom is -0.497 e. The molecule has 0 spiro atoms. The summed E-state index contributed by atoms with van der Waals surface area (Å²) in [6.45, 7) is 4.40. The minimum absolute atomic E-state index is 0.295. The maximum Gasteiger partial charge on any atom is 0.240 e. The lowest BCUT2D eigenvalue weighted by Gasteiger charge is -2.28. The third-order valence-electron chi connectivity index (χ3n) is 5.03. The fourth-order valence-corrected chi connectivity index (χ4v) is 4.74. The van der Waals surface area contributed by atoms with Crippen LogP contribution in [0, 0.1) is 6.92 Å². The Kier molecular flexibility index (Phi) is 6.39. The molecule has 6 heteroatoms. The van der Waals surface area contributed by atoms with E-state index in [1.165, 1.54) is 24.9 Å². The highest BCUT2D eigenvalue weighted by atomic mass is 32.2. The number of anilines is 1. The van der Waals surface area contributed by atoms with Gasteiger partial charge in [0.25, 0.3) is 0 Å². The van der Waals surface area contributed by atoms with Crippen molar-refractivity contribution in [2.24, 2.45) is 0 Å². The predicted molar refractivity (Wildman–Crippen MR) is 109 cm³/mol. The number of sulfonamides is 1. The second-order valence-electron chi connectivity index (χ2n) is 6.99. The number of benzene rings is 2.